The molecular weight excluding hydrogens is 287 g/mol. The third kappa shape index (κ3) is 4.66. The summed E-state index contributed by atoms with van der Waals surface area (Å²) in [6, 6.07) is 4.91. The Morgan fingerprint density at radius 2 is 2.00 bits per heavy atom. The van der Waals surface area contributed by atoms with E-state index in [1.165, 1.54) is 0 Å². The van der Waals surface area contributed by atoms with Gasteiger partial charge >= 0.3 is 0 Å². The van der Waals surface area contributed by atoms with Crippen LogP contribution in [-0.2, 0) is 16.1 Å². The zero-order chi connectivity index (χ0) is 14.4. The van der Waals surface area contributed by atoms with Gasteiger partial charge in [0.2, 0.25) is 5.91 Å². The number of halogens is 2. The fraction of sp³-hybridized carbons (Fsp3) is 0.462. The van der Waals surface area contributed by atoms with Crippen LogP contribution in [0.4, 0.5) is 0 Å². The van der Waals surface area contributed by atoms with Crippen molar-refractivity contribution in [1.29, 1.82) is 0 Å². The van der Waals surface area contributed by atoms with Gasteiger partial charge in [-0.3, -0.25) is 9.69 Å². The van der Waals surface area contributed by atoms with Gasteiger partial charge in [-0.1, -0.05) is 29.3 Å². The molecule has 2 N–H and O–H groups in total. The van der Waals surface area contributed by atoms with Gasteiger partial charge in [-0.15, -0.1) is 0 Å². The molecule has 0 spiro atoms. The molecule has 0 aliphatic heterocycles. The molecule has 4 nitrogen and oxygen atoms in total. The molecule has 1 unspecified atom stereocenters. The van der Waals surface area contributed by atoms with Crippen LogP contribution in [-0.4, -0.2) is 37.1 Å². The molecule has 0 aromatic heterocycles. The Bertz CT molecular complexity index is 420. The van der Waals surface area contributed by atoms with E-state index in [0.717, 1.165) is 5.56 Å². The molecule has 1 aromatic carbocycles. The number of nitrogens with two attached hydrogens (primary N) is 1. The largest absolute Gasteiger partial charge is 0.383 e. The molecular formula is C13H18Cl2N2O2. The normalized spacial score (nSPS) is 12.7. The first kappa shape index (κ1) is 16.2. The van der Waals surface area contributed by atoms with E-state index in [0.29, 0.717) is 29.7 Å². The van der Waals surface area contributed by atoms with Gasteiger partial charge in [0.25, 0.3) is 0 Å². The van der Waals surface area contributed by atoms with Gasteiger partial charge in [0.1, 0.15) is 0 Å². The van der Waals surface area contributed by atoms with Crippen molar-refractivity contribution >= 4 is 29.1 Å². The highest BCUT2D eigenvalue weighted by atomic mass is 35.5. The fourth-order valence-electron chi connectivity index (χ4n) is 1.68. The summed E-state index contributed by atoms with van der Waals surface area (Å²) < 4.78 is 5.04. The Balaban J connectivity index is 2.90. The second-order valence-electron chi connectivity index (χ2n) is 4.24. The molecule has 0 saturated heterocycles. The minimum Gasteiger partial charge on any atom is -0.383 e. The van der Waals surface area contributed by atoms with Crippen molar-refractivity contribution in [2.45, 2.75) is 19.5 Å². The zero-order valence-corrected chi connectivity index (χ0v) is 12.5. The monoisotopic (exact) mass is 304 g/mol. The lowest BCUT2D eigenvalue weighted by Gasteiger charge is -2.27. The minimum atomic E-state index is -0.414. The summed E-state index contributed by atoms with van der Waals surface area (Å²) in [5.41, 5.74) is 6.14. The van der Waals surface area contributed by atoms with Crippen molar-refractivity contribution in [2.75, 3.05) is 20.3 Å². The van der Waals surface area contributed by atoms with E-state index in [-0.39, 0.29) is 5.91 Å². The molecule has 0 aliphatic rings. The van der Waals surface area contributed by atoms with Crippen molar-refractivity contribution in [2.24, 2.45) is 5.73 Å². The fourth-order valence-corrected chi connectivity index (χ4v) is 2.20. The maximum Gasteiger partial charge on any atom is 0.234 e. The SMILES string of the molecule is COCCN(Cc1c(Cl)cccc1Cl)C(C)C(N)=O. The van der Waals surface area contributed by atoms with E-state index in [2.05, 4.69) is 0 Å². The van der Waals surface area contributed by atoms with E-state index in [4.69, 9.17) is 33.7 Å². The zero-order valence-electron chi connectivity index (χ0n) is 11.0. The highest BCUT2D eigenvalue weighted by Gasteiger charge is 2.20. The summed E-state index contributed by atoms with van der Waals surface area (Å²) in [4.78, 5) is 13.2. The van der Waals surface area contributed by atoms with Crippen LogP contribution in [0.15, 0.2) is 18.2 Å². The summed E-state index contributed by atoms with van der Waals surface area (Å²) in [5.74, 6) is -0.390. The average Bonchev–Trinajstić information content (AvgIpc) is 2.36. The molecule has 0 fully saturated rings. The first-order valence-electron chi connectivity index (χ1n) is 5.92. The molecule has 0 heterocycles. The van der Waals surface area contributed by atoms with Gasteiger partial charge in [0, 0.05) is 35.8 Å². The molecule has 1 aromatic rings. The topological polar surface area (TPSA) is 55.6 Å². The number of amides is 1. The molecule has 0 bridgehead atoms. The highest BCUT2D eigenvalue weighted by Crippen LogP contribution is 2.26. The lowest BCUT2D eigenvalue weighted by atomic mass is 10.1. The van der Waals surface area contributed by atoms with Crippen molar-refractivity contribution in [3.8, 4) is 0 Å². The molecule has 106 valence electrons. The third-order valence-electron chi connectivity index (χ3n) is 2.96. The van der Waals surface area contributed by atoms with Crippen LogP contribution in [0.5, 0.6) is 0 Å². The van der Waals surface area contributed by atoms with Crippen molar-refractivity contribution < 1.29 is 9.53 Å². The molecule has 6 heteroatoms. The van der Waals surface area contributed by atoms with Crippen LogP contribution >= 0.6 is 23.2 Å². The van der Waals surface area contributed by atoms with Crippen LogP contribution in [0.1, 0.15) is 12.5 Å². The summed E-state index contributed by atoms with van der Waals surface area (Å²) >= 11 is 12.3. The number of hydrogen-bond donors (Lipinski definition) is 1. The predicted octanol–water partition coefficient (Wildman–Crippen LogP) is 2.32. The Hall–Kier alpha value is -0.810. The van der Waals surface area contributed by atoms with Crippen molar-refractivity contribution in [3.63, 3.8) is 0 Å². The number of carbonyl (C=O) groups excluding carboxylic acids is 1. The molecule has 1 amide bonds. The smallest absolute Gasteiger partial charge is 0.234 e. The summed E-state index contributed by atoms with van der Waals surface area (Å²) in [5, 5.41) is 1.15. The number of benzene rings is 1. The minimum absolute atomic E-state index is 0.390. The van der Waals surface area contributed by atoms with Gasteiger partial charge in [-0.05, 0) is 19.1 Å². The highest BCUT2D eigenvalue weighted by molar-refractivity contribution is 6.35. The van der Waals surface area contributed by atoms with Crippen molar-refractivity contribution in [1.82, 2.24) is 4.90 Å². The summed E-state index contributed by atoms with van der Waals surface area (Å²) in [7, 11) is 1.61. The molecule has 0 aliphatic carbocycles. The van der Waals surface area contributed by atoms with E-state index < -0.39 is 6.04 Å². The van der Waals surface area contributed by atoms with Crippen LogP contribution in [0.3, 0.4) is 0 Å². The Kier molecular flexibility index (Phi) is 6.58. The van der Waals surface area contributed by atoms with E-state index in [1.807, 2.05) is 4.90 Å². The van der Waals surface area contributed by atoms with Crippen LogP contribution in [0.25, 0.3) is 0 Å². The molecule has 19 heavy (non-hydrogen) atoms. The molecule has 0 radical (unpaired) electrons. The van der Waals surface area contributed by atoms with Gasteiger partial charge in [-0.2, -0.15) is 0 Å². The van der Waals surface area contributed by atoms with Crippen LogP contribution in [0, 0.1) is 0 Å². The Labute approximate surface area is 123 Å². The van der Waals surface area contributed by atoms with E-state index in [1.54, 1.807) is 32.2 Å². The first-order chi connectivity index (χ1) is 8.97. The maximum absolute atomic E-state index is 11.3. The number of methoxy groups -OCH3 is 1. The Morgan fingerprint density at radius 1 is 1.42 bits per heavy atom. The van der Waals surface area contributed by atoms with Gasteiger partial charge in [0.15, 0.2) is 0 Å². The summed E-state index contributed by atoms with van der Waals surface area (Å²) in [6.07, 6.45) is 0. The third-order valence-corrected chi connectivity index (χ3v) is 3.67. The van der Waals surface area contributed by atoms with Gasteiger partial charge in [-0.25, -0.2) is 0 Å². The van der Waals surface area contributed by atoms with Crippen LogP contribution < -0.4 is 5.73 Å². The lowest BCUT2D eigenvalue weighted by Crippen LogP contribution is -2.43. The quantitative estimate of drug-likeness (QED) is 0.841. The number of ether oxygens (including phenoxy) is 1. The standard InChI is InChI=1S/C13H18Cl2N2O2/c1-9(13(16)18)17(6-7-19-2)8-10-11(14)4-3-5-12(10)15/h3-5,9H,6-8H2,1-2H3,(H2,16,18). The predicted molar refractivity (Wildman–Crippen MR) is 77.4 cm³/mol. The number of rotatable bonds is 7. The van der Waals surface area contributed by atoms with Gasteiger partial charge < -0.3 is 10.5 Å². The van der Waals surface area contributed by atoms with E-state index in [9.17, 15) is 4.79 Å². The average molecular weight is 305 g/mol. The molecule has 1 rings (SSSR count). The molecule has 0 saturated carbocycles. The van der Waals surface area contributed by atoms with Crippen LogP contribution in [0.2, 0.25) is 10.0 Å². The lowest BCUT2D eigenvalue weighted by molar-refractivity contribution is -0.123. The number of carbonyl (C=O) groups is 1. The number of primary amides is 1. The van der Waals surface area contributed by atoms with E-state index >= 15 is 0 Å². The Morgan fingerprint density at radius 3 is 2.47 bits per heavy atom. The number of nitrogens with zero attached hydrogens (tertiary/aromatic N) is 1. The summed E-state index contributed by atoms with van der Waals surface area (Å²) in [6.45, 7) is 3.27. The second kappa shape index (κ2) is 7.70. The number of hydrogen-bond acceptors (Lipinski definition) is 3. The first-order valence-corrected chi connectivity index (χ1v) is 6.68. The van der Waals surface area contributed by atoms with Crippen molar-refractivity contribution in [3.05, 3.63) is 33.8 Å². The molecule has 1 atom stereocenters. The van der Waals surface area contributed by atoms with Gasteiger partial charge in [0.05, 0.1) is 12.6 Å². The maximum atomic E-state index is 11.3. The second-order valence-corrected chi connectivity index (χ2v) is 5.06.